The lowest BCUT2D eigenvalue weighted by molar-refractivity contribution is -0.384. The minimum atomic E-state index is -0.482. The molecular formula is C15H22N4O3. The predicted molar refractivity (Wildman–Crippen MR) is 84.9 cm³/mol. The molecule has 7 nitrogen and oxygen atoms in total. The first-order valence-electron chi connectivity index (χ1n) is 7.46. The molecule has 0 bridgehead atoms. The molecule has 0 aromatic heterocycles. The Hall–Kier alpha value is -2.15. The number of anilines is 1. The van der Waals surface area contributed by atoms with Crippen LogP contribution in [0.2, 0.25) is 0 Å². The quantitative estimate of drug-likeness (QED) is 0.660. The number of nitrogens with one attached hydrogen (secondary N) is 2. The fourth-order valence-corrected chi connectivity index (χ4v) is 2.72. The van der Waals surface area contributed by atoms with Gasteiger partial charge in [0.05, 0.1) is 4.92 Å². The topological polar surface area (TPSA) is 87.5 Å². The third kappa shape index (κ3) is 4.42. The van der Waals surface area contributed by atoms with E-state index in [1.54, 1.807) is 12.1 Å². The Morgan fingerprint density at radius 2 is 2.09 bits per heavy atom. The summed E-state index contributed by atoms with van der Waals surface area (Å²) >= 11 is 0. The highest BCUT2D eigenvalue weighted by atomic mass is 16.6. The number of hydrogen-bond donors (Lipinski definition) is 2. The van der Waals surface area contributed by atoms with Crippen LogP contribution in [-0.4, -0.2) is 42.0 Å². The van der Waals surface area contributed by atoms with E-state index in [4.69, 9.17) is 0 Å². The predicted octanol–water partition coefficient (Wildman–Crippen LogP) is 2.45. The molecule has 2 amide bonds. The summed E-state index contributed by atoms with van der Waals surface area (Å²) in [5.41, 5.74) is 0.378. The van der Waals surface area contributed by atoms with Crippen LogP contribution in [0.4, 0.5) is 16.2 Å². The molecule has 120 valence electrons. The molecule has 1 atom stereocenters. The van der Waals surface area contributed by atoms with Gasteiger partial charge in [0.25, 0.3) is 5.69 Å². The Morgan fingerprint density at radius 3 is 2.73 bits per heavy atom. The van der Waals surface area contributed by atoms with Crippen molar-refractivity contribution in [3.8, 4) is 0 Å². The number of carbonyl (C=O) groups excluding carboxylic acids is 1. The molecule has 2 N–H and O–H groups in total. The number of benzene rings is 1. The fourth-order valence-electron chi connectivity index (χ4n) is 2.72. The van der Waals surface area contributed by atoms with Crippen LogP contribution in [0.25, 0.3) is 0 Å². The average molecular weight is 306 g/mol. The number of non-ortho nitro benzene ring substituents is 1. The summed E-state index contributed by atoms with van der Waals surface area (Å²) in [6.45, 7) is 4.09. The number of urea groups is 1. The molecule has 1 fully saturated rings. The van der Waals surface area contributed by atoms with Crippen molar-refractivity contribution in [2.45, 2.75) is 25.8 Å². The van der Waals surface area contributed by atoms with Crippen LogP contribution in [0.5, 0.6) is 0 Å². The zero-order valence-corrected chi connectivity index (χ0v) is 12.9. The number of nitro benzene ring substituents is 1. The van der Waals surface area contributed by atoms with Gasteiger partial charge in [-0.05, 0) is 51.9 Å². The first-order valence-corrected chi connectivity index (χ1v) is 7.46. The highest BCUT2D eigenvalue weighted by Gasteiger charge is 2.23. The van der Waals surface area contributed by atoms with Crippen molar-refractivity contribution in [1.29, 1.82) is 0 Å². The summed E-state index contributed by atoms with van der Waals surface area (Å²) in [4.78, 5) is 24.5. The fraction of sp³-hybridized carbons (Fsp3) is 0.533. The van der Waals surface area contributed by atoms with Crippen molar-refractivity contribution in [2.75, 3.05) is 25.5 Å². The molecule has 1 aromatic rings. The van der Waals surface area contributed by atoms with E-state index in [2.05, 4.69) is 22.6 Å². The number of amides is 2. The van der Waals surface area contributed by atoms with Gasteiger partial charge in [0, 0.05) is 23.9 Å². The zero-order chi connectivity index (χ0) is 16.1. The molecule has 0 aliphatic carbocycles. The monoisotopic (exact) mass is 306 g/mol. The molecule has 1 heterocycles. The summed E-state index contributed by atoms with van der Waals surface area (Å²) in [5, 5.41) is 16.3. The lowest BCUT2D eigenvalue weighted by Crippen LogP contribution is -2.44. The summed E-state index contributed by atoms with van der Waals surface area (Å²) in [6.07, 6.45) is 2.13. The van der Waals surface area contributed by atoms with Gasteiger partial charge in [-0.1, -0.05) is 6.07 Å². The minimum absolute atomic E-state index is 0.0406. The van der Waals surface area contributed by atoms with Crippen molar-refractivity contribution < 1.29 is 9.72 Å². The summed E-state index contributed by atoms with van der Waals surface area (Å²) < 4.78 is 0. The van der Waals surface area contributed by atoms with E-state index in [0.29, 0.717) is 11.6 Å². The number of carbonyl (C=O) groups is 1. The van der Waals surface area contributed by atoms with Crippen LogP contribution >= 0.6 is 0 Å². The second kappa shape index (κ2) is 7.22. The number of piperidine rings is 1. The molecule has 7 heteroatoms. The van der Waals surface area contributed by atoms with Gasteiger partial charge in [0.15, 0.2) is 0 Å². The highest BCUT2D eigenvalue weighted by molar-refractivity contribution is 5.89. The lowest BCUT2D eigenvalue weighted by atomic mass is 9.91. The molecule has 1 saturated heterocycles. The third-order valence-corrected chi connectivity index (χ3v) is 4.14. The first-order chi connectivity index (χ1) is 10.5. The molecule has 0 spiro atoms. The van der Waals surface area contributed by atoms with Crippen LogP contribution in [0.15, 0.2) is 24.3 Å². The van der Waals surface area contributed by atoms with E-state index in [1.807, 2.05) is 6.92 Å². The zero-order valence-electron chi connectivity index (χ0n) is 12.9. The van der Waals surface area contributed by atoms with E-state index in [1.165, 1.54) is 12.1 Å². The molecule has 1 aliphatic heterocycles. The lowest BCUT2D eigenvalue weighted by Gasteiger charge is -2.33. The normalized spacial score (nSPS) is 17.7. The van der Waals surface area contributed by atoms with Gasteiger partial charge < -0.3 is 15.5 Å². The van der Waals surface area contributed by atoms with Gasteiger partial charge in [0.2, 0.25) is 0 Å². The average Bonchev–Trinajstić information content (AvgIpc) is 2.47. The van der Waals surface area contributed by atoms with E-state index < -0.39 is 4.92 Å². The summed E-state index contributed by atoms with van der Waals surface area (Å²) in [6, 6.07) is 5.67. The second-order valence-corrected chi connectivity index (χ2v) is 5.84. The summed E-state index contributed by atoms with van der Waals surface area (Å²) in [5.74, 6) is 0.465. The number of rotatable bonds is 4. The molecular weight excluding hydrogens is 284 g/mol. The number of nitrogens with zero attached hydrogens (tertiary/aromatic N) is 2. The van der Waals surface area contributed by atoms with E-state index >= 15 is 0 Å². The van der Waals surface area contributed by atoms with Gasteiger partial charge in [-0.2, -0.15) is 0 Å². The van der Waals surface area contributed by atoms with Gasteiger partial charge in [-0.25, -0.2) is 4.79 Å². The van der Waals surface area contributed by atoms with Crippen molar-refractivity contribution in [2.24, 2.45) is 5.92 Å². The number of likely N-dealkylation sites (tertiary alicyclic amines) is 1. The highest BCUT2D eigenvalue weighted by Crippen LogP contribution is 2.20. The van der Waals surface area contributed by atoms with Crippen LogP contribution < -0.4 is 10.6 Å². The Bertz CT molecular complexity index is 541. The largest absolute Gasteiger partial charge is 0.335 e. The van der Waals surface area contributed by atoms with E-state index in [9.17, 15) is 14.9 Å². The molecule has 1 aliphatic rings. The van der Waals surface area contributed by atoms with Gasteiger partial charge >= 0.3 is 6.03 Å². The SMILES string of the molecule is C[C@@H](NC(=O)Nc1cccc([N+](=O)[O-])c1)C1CCN(C)CC1. The van der Waals surface area contributed by atoms with Crippen LogP contribution in [0, 0.1) is 16.0 Å². The standard InChI is InChI=1S/C15H22N4O3/c1-11(12-6-8-18(2)9-7-12)16-15(20)17-13-4-3-5-14(10-13)19(21)22/h3-5,10-12H,6-9H2,1-2H3,(H2,16,17,20)/t11-/m1/s1. The minimum Gasteiger partial charge on any atom is -0.335 e. The molecule has 2 rings (SSSR count). The van der Waals surface area contributed by atoms with Crippen LogP contribution in [0.3, 0.4) is 0 Å². The van der Waals surface area contributed by atoms with E-state index in [0.717, 1.165) is 25.9 Å². The molecule has 0 saturated carbocycles. The maximum Gasteiger partial charge on any atom is 0.319 e. The van der Waals surface area contributed by atoms with Crippen LogP contribution in [-0.2, 0) is 0 Å². The third-order valence-electron chi connectivity index (χ3n) is 4.14. The maximum absolute atomic E-state index is 12.0. The Kier molecular flexibility index (Phi) is 5.32. The van der Waals surface area contributed by atoms with Crippen LogP contribution in [0.1, 0.15) is 19.8 Å². The molecule has 0 radical (unpaired) electrons. The van der Waals surface area contributed by atoms with Gasteiger partial charge in [0.1, 0.15) is 0 Å². The van der Waals surface area contributed by atoms with Gasteiger partial charge in [-0.15, -0.1) is 0 Å². The first kappa shape index (κ1) is 16.2. The van der Waals surface area contributed by atoms with E-state index in [-0.39, 0.29) is 17.8 Å². The second-order valence-electron chi connectivity index (χ2n) is 5.84. The molecule has 22 heavy (non-hydrogen) atoms. The number of nitro groups is 1. The Labute approximate surface area is 129 Å². The maximum atomic E-state index is 12.0. The van der Waals surface area contributed by atoms with Crippen molar-refractivity contribution in [3.05, 3.63) is 34.4 Å². The van der Waals surface area contributed by atoms with Crippen molar-refractivity contribution in [3.63, 3.8) is 0 Å². The smallest absolute Gasteiger partial charge is 0.319 e. The van der Waals surface area contributed by atoms with Crippen molar-refractivity contribution in [1.82, 2.24) is 10.2 Å². The summed E-state index contributed by atoms with van der Waals surface area (Å²) in [7, 11) is 2.10. The van der Waals surface area contributed by atoms with Crippen molar-refractivity contribution >= 4 is 17.4 Å². The number of hydrogen-bond acceptors (Lipinski definition) is 4. The Morgan fingerprint density at radius 1 is 1.41 bits per heavy atom. The molecule has 0 unspecified atom stereocenters. The van der Waals surface area contributed by atoms with Gasteiger partial charge in [-0.3, -0.25) is 10.1 Å². The molecule has 1 aromatic carbocycles. The Balaban J connectivity index is 1.87.